The van der Waals surface area contributed by atoms with Crippen molar-refractivity contribution in [3.8, 4) is 0 Å². The number of rotatable bonds is 9. The van der Waals surface area contributed by atoms with E-state index in [0.29, 0.717) is 17.5 Å². The standard InChI is InChI=1S/C22H30O5/c1-3-5-6-10-17(23)11-12-18-19(24)14-20(25)21(18)15-8-7-9-16(13-15)22(26)27-4-2/h7-9,11-13,17-19,21,23-24H,3-6,10,14H2,1-2H3/b12-11+/t17-,18-,19+,21-/m0/s1. The quantitative estimate of drug-likeness (QED) is 0.393. The van der Waals surface area contributed by atoms with E-state index in [0.717, 1.165) is 19.3 Å². The topological polar surface area (TPSA) is 83.8 Å². The van der Waals surface area contributed by atoms with Crippen LogP contribution in [0.2, 0.25) is 0 Å². The molecule has 5 nitrogen and oxygen atoms in total. The second-order valence-corrected chi connectivity index (χ2v) is 7.09. The Morgan fingerprint density at radius 2 is 2.11 bits per heavy atom. The van der Waals surface area contributed by atoms with Crippen molar-refractivity contribution in [2.75, 3.05) is 6.61 Å². The number of aliphatic hydroxyl groups excluding tert-OH is 2. The predicted octanol–water partition coefficient (Wildman–Crippen LogP) is 3.39. The molecule has 0 spiro atoms. The molecule has 27 heavy (non-hydrogen) atoms. The second kappa shape index (κ2) is 10.4. The summed E-state index contributed by atoms with van der Waals surface area (Å²) in [7, 11) is 0. The molecule has 2 N–H and O–H groups in total. The lowest BCUT2D eigenvalue weighted by atomic mass is 9.86. The Hall–Kier alpha value is -1.98. The minimum atomic E-state index is -0.784. The Morgan fingerprint density at radius 1 is 1.33 bits per heavy atom. The van der Waals surface area contributed by atoms with Crippen LogP contribution in [0.1, 0.15) is 67.8 Å². The Bertz CT molecular complexity index is 666. The Morgan fingerprint density at radius 3 is 2.81 bits per heavy atom. The number of carbonyl (C=O) groups is 2. The summed E-state index contributed by atoms with van der Waals surface area (Å²) in [5.41, 5.74) is 1.09. The smallest absolute Gasteiger partial charge is 0.338 e. The SMILES string of the molecule is CCCCC[C@H](O)/C=C/[C@H]1[C@H](O)CC(=O)[C@H]1c1cccc(C(=O)OCC)c1. The van der Waals surface area contributed by atoms with Crippen LogP contribution < -0.4 is 0 Å². The van der Waals surface area contributed by atoms with Crippen LogP contribution in [0.3, 0.4) is 0 Å². The fourth-order valence-corrected chi connectivity index (χ4v) is 3.58. The highest BCUT2D eigenvalue weighted by atomic mass is 16.5. The van der Waals surface area contributed by atoms with Crippen molar-refractivity contribution in [3.63, 3.8) is 0 Å². The molecular formula is C22H30O5. The van der Waals surface area contributed by atoms with Crippen molar-refractivity contribution in [1.29, 1.82) is 0 Å². The molecule has 2 rings (SSSR count). The number of ether oxygens (including phenoxy) is 1. The van der Waals surface area contributed by atoms with Gasteiger partial charge < -0.3 is 14.9 Å². The predicted molar refractivity (Wildman–Crippen MR) is 104 cm³/mol. The van der Waals surface area contributed by atoms with E-state index in [1.54, 1.807) is 43.3 Å². The van der Waals surface area contributed by atoms with Gasteiger partial charge in [-0.3, -0.25) is 4.79 Å². The molecule has 1 saturated carbocycles. The Kier molecular flexibility index (Phi) is 8.20. The number of unbranched alkanes of at least 4 members (excludes halogenated alkanes) is 2. The summed E-state index contributed by atoms with van der Waals surface area (Å²) >= 11 is 0. The van der Waals surface area contributed by atoms with Crippen molar-refractivity contribution in [2.45, 2.75) is 64.1 Å². The first-order chi connectivity index (χ1) is 13.0. The van der Waals surface area contributed by atoms with E-state index < -0.39 is 30.0 Å². The Balaban J connectivity index is 2.17. The van der Waals surface area contributed by atoms with E-state index in [-0.39, 0.29) is 18.8 Å². The average molecular weight is 374 g/mol. The fraction of sp³-hybridized carbons (Fsp3) is 0.545. The van der Waals surface area contributed by atoms with Crippen molar-refractivity contribution in [1.82, 2.24) is 0 Å². The fourth-order valence-electron chi connectivity index (χ4n) is 3.58. The zero-order valence-electron chi connectivity index (χ0n) is 16.1. The first-order valence-electron chi connectivity index (χ1n) is 9.82. The van der Waals surface area contributed by atoms with Gasteiger partial charge in [-0.15, -0.1) is 0 Å². The molecule has 0 heterocycles. The zero-order valence-corrected chi connectivity index (χ0v) is 16.1. The van der Waals surface area contributed by atoms with Crippen LogP contribution in [-0.4, -0.2) is 40.8 Å². The molecule has 1 aliphatic rings. The van der Waals surface area contributed by atoms with Crippen molar-refractivity contribution in [3.05, 3.63) is 47.5 Å². The number of aliphatic hydroxyl groups is 2. The molecule has 0 radical (unpaired) electrons. The van der Waals surface area contributed by atoms with Crippen molar-refractivity contribution < 1.29 is 24.5 Å². The molecule has 5 heteroatoms. The minimum Gasteiger partial charge on any atom is -0.462 e. The molecule has 0 amide bonds. The molecule has 1 fully saturated rings. The van der Waals surface area contributed by atoms with E-state index in [2.05, 4.69) is 6.92 Å². The maximum Gasteiger partial charge on any atom is 0.338 e. The summed E-state index contributed by atoms with van der Waals surface area (Å²) < 4.78 is 5.03. The molecule has 0 aromatic heterocycles. The molecular weight excluding hydrogens is 344 g/mol. The number of hydrogen-bond donors (Lipinski definition) is 2. The van der Waals surface area contributed by atoms with Crippen molar-refractivity contribution in [2.24, 2.45) is 5.92 Å². The minimum absolute atomic E-state index is 0.0568. The molecule has 0 unspecified atom stereocenters. The third kappa shape index (κ3) is 5.75. The highest BCUT2D eigenvalue weighted by Gasteiger charge is 2.41. The van der Waals surface area contributed by atoms with Gasteiger partial charge in [0.25, 0.3) is 0 Å². The van der Waals surface area contributed by atoms with Crippen LogP contribution in [0.25, 0.3) is 0 Å². The zero-order chi connectivity index (χ0) is 19.8. The van der Waals surface area contributed by atoms with E-state index in [1.807, 2.05) is 0 Å². The maximum absolute atomic E-state index is 12.5. The first kappa shape index (κ1) is 21.3. The van der Waals surface area contributed by atoms with Gasteiger partial charge in [-0.1, -0.05) is 50.5 Å². The van der Waals surface area contributed by atoms with Gasteiger partial charge in [0.15, 0.2) is 0 Å². The van der Waals surface area contributed by atoms with Crippen LogP contribution >= 0.6 is 0 Å². The van der Waals surface area contributed by atoms with E-state index in [4.69, 9.17) is 4.74 Å². The van der Waals surface area contributed by atoms with Crippen LogP contribution in [0, 0.1) is 5.92 Å². The number of ketones is 1. The molecule has 0 saturated heterocycles. The van der Waals surface area contributed by atoms with E-state index in [1.165, 1.54) is 0 Å². The number of hydrogen-bond acceptors (Lipinski definition) is 5. The normalized spacial score (nSPS) is 23.7. The lowest BCUT2D eigenvalue weighted by Crippen LogP contribution is -2.18. The van der Waals surface area contributed by atoms with Gasteiger partial charge >= 0.3 is 5.97 Å². The van der Waals surface area contributed by atoms with Gasteiger partial charge in [0, 0.05) is 12.3 Å². The van der Waals surface area contributed by atoms with E-state index in [9.17, 15) is 19.8 Å². The molecule has 0 aliphatic heterocycles. The Labute approximate surface area is 161 Å². The summed E-state index contributed by atoms with van der Waals surface area (Å²) in [5, 5.41) is 20.4. The monoisotopic (exact) mass is 374 g/mol. The molecule has 148 valence electrons. The lowest BCUT2D eigenvalue weighted by Gasteiger charge is -2.19. The van der Waals surface area contributed by atoms with Gasteiger partial charge in [0.05, 0.1) is 30.3 Å². The van der Waals surface area contributed by atoms with Crippen LogP contribution in [0.5, 0.6) is 0 Å². The van der Waals surface area contributed by atoms with Gasteiger partial charge in [-0.2, -0.15) is 0 Å². The summed E-state index contributed by atoms with van der Waals surface area (Å²) in [4.78, 5) is 24.5. The second-order valence-electron chi connectivity index (χ2n) is 7.09. The third-order valence-electron chi connectivity index (χ3n) is 5.00. The molecule has 1 aliphatic carbocycles. The molecule has 4 atom stereocenters. The maximum atomic E-state index is 12.5. The van der Waals surface area contributed by atoms with Gasteiger partial charge in [-0.05, 0) is 31.0 Å². The summed E-state index contributed by atoms with van der Waals surface area (Å²) in [5.74, 6) is -1.41. The summed E-state index contributed by atoms with van der Waals surface area (Å²) in [6, 6.07) is 6.83. The molecule has 1 aromatic rings. The van der Waals surface area contributed by atoms with Crippen LogP contribution in [-0.2, 0) is 9.53 Å². The molecule has 1 aromatic carbocycles. The third-order valence-corrected chi connectivity index (χ3v) is 5.00. The molecule has 0 bridgehead atoms. The summed E-state index contributed by atoms with van der Waals surface area (Å²) in [6.45, 7) is 4.13. The largest absolute Gasteiger partial charge is 0.462 e. The van der Waals surface area contributed by atoms with Gasteiger partial charge in [0.2, 0.25) is 0 Å². The number of benzene rings is 1. The number of Topliss-reactive ketones (excluding diaryl/α,β-unsaturated/α-hetero) is 1. The van der Waals surface area contributed by atoms with Gasteiger partial charge in [-0.25, -0.2) is 4.79 Å². The van der Waals surface area contributed by atoms with Crippen molar-refractivity contribution >= 4 is 11.8 Å². The lowest BCUT2D eigenvalue weighted by molar-refractivity contribution is -0.119. The first-order valence-corrected chi connectivity index (χ1v) is 9.82. The number of esters is 1. The van der Waals surface area contributed by atoms with Gasteiger partial charge in [0.1, 0.15) is 5.78 Å². The van der Waals surface area contributed by atoms with Crippen LogP contribution in [0.4, 0.5) is 0 Å². The highest BCUT2D eigenvalue weighted by molar-refractivity contribution is 5.92. The average Bonchev–Trinajstić information content (AvgIpc) is 2.93. The van der Waals surface area contributed by atoms with E-state index >= 15 is 0 Å². The highest BCUT2D eigenvalue weighted by Crippen LogP contribution is 2.38. The van der Waals surface area contributed by atoms with Crippen LogP contribution in [0.15, 0.2) is 36.4 Å². The number of carbonyl (C=O) groups excluding carboxylic acids is 2. The summed E-state index contributed by atoms with van der Waals surface area (Å²) in [6.07, 6.45) is 5.93.